The van der Waals surface area contributed by atoms with E-state index in [4.69, 9.17) is 16.3 Å². The molecule has 0 radical (unpaired) electrons. The van der Waals surface area contributed by atoms with Gasteiger partial charge in [-0.05, 0) is 30.7 Å². The third-order valence-corrected chi connectivity index (χ3v) is 5.77. The lowest BCUT2D eigenvalue weighted by molar-refractivity contribution is -0.134. The van der Waals surface area contributed by atoms with Crippen molar-refractivity contribution in [2.24, 2.45) is 0 Å². The van der Waals surface area contributed by atoms with Gasteiger partial charge in [-0.2, -0.15) is 0 Å². The molecule has 1 aliphatic heterocycles. The first-order valence-electron chi connectivity index (χ1n) is 9.54. The zero-order valence-electron chi connectivity index (χ0n) is 16.3. The van der Waals surface area contributed by atoms with Gasteiger partial charge >= 0.3 is 0 Å². The minimum Gasteiger partial charge on any atom is -0.478 e. The number of hydrogen-bond donors (Lipinski definition) is 1. The number of benzene rings is 1. The van der Waals surface area contributed by atoms with Crippen molar-refractivity contribution in [1.82, 2.24) is 20.0 Å². The monoisotopic (exact) mass is 437 g/mol. The molecule has 1 aliphatic rings. The number of ether oxygens (including phenoxy) is 1. The summed E-state index contributed by atoms with van der Waals surface area (Å²) in [6.45, 7) is 5.16. The van der Waals surface area contributed by atoms with E-state index in [1.165, 1.54) is 11.3 Å². The van der Waals surface area contributed by atoms with Gasteiger partial charge in [-0.15, -0.1) is 10.2 Å². The highest BCUT2D eigenvalue weighted by atomic mass is 35.5. The maximum atomic E-state index is 12.4. The molecular weight excluding hydrogens is 414 g/mol. The van der Waals surface area contributed by atoms with Gasteiger partial charge in [0.05, 0.1) is 0 Å². The summed E-state index contributed by atoms with van der Waals surface area (Å²) in [5.41, 5.74) is 0. The van der Waals surface area contributed by atoms with Crippen LogP contribution in [0.15, 0.2) is 24.3 Å². The number of nitrogens with one attached hydrogen (secondary N) is 1. The number of anilines is 1. The predicted molar refractivity (Wildman–Crippen MR) is 112 cm³/mol. The van der Waals surface area contributed by atoms with Gasteiger partial charge in [0.2, 0.25) is 16.9 Å². The number of carbonyl (C=O) groups is 2. The molecule has 156 valence electrons. The lowest BCUT2D eigenvalue weighted by Gasteiger charge is -2.34. The van der Waals surface area contributed by atoms with Crippen molar-refractivity contribution in [3.63, 3.8) is 0 Å². The van der Waals surface area contributed by atoms with Gasteiger partial charge in [0.25, 0.3) is 0 Å². The van der Waals surface area contributed by atoms with Crippen molar-refractivity contribution in [3.05, 3.63) is 34.3 Å². The second kappa shape index (κ2) is 10.5. The number of aromatic nitrogens is 2. The zero-order valence-corrected chi connectivity index (χ0v) is 17.8. The predicted octanol–water partition coefficient (Wildman–Crippen LogP) is 2.65. The Kier molecular flexibility index (Phi) is 7.79. The van der Waals surface area contributed by atoms with Gasteiger partial charge in [0.1, 0.15) is 17.5 Å². The molecule has 2 amide bonds. The third kappa shape index (κ3) is 6.66. The van der Waals surface area contributed by atoms with Crippen LogP contribution in [0.3, 0.4) is 0 Å². The van der Waals surface area contributed by atoms with Crippen LogP contribution < -0.4 is 10.1 Å². The maximum Gasteiger partial charge on any atom is 0.226 e. The van der Waals surface area contributed by atoms with Crippen LogP contribution in [-0.2, 0) is 16.0 Å². The van der Waals surface area contributed by atoms with E-state index in [9.17, 15) is 9.59 Å². The standard InChI is InChI=1S/C19H24ClN5O3S/c1-2-17-22-23-19(29-17)21-16(26)7-8-18(27)25-11-9-24(10-12-25)13-28-15-5-3-14(20)4-6-15/h3-6H,2,7-13H2,1H3,(H,21,23,26). The van der Waals surface area contributed by atoms with E-state index in [0.717, 1.165) is 30.3 Å². The Morgan fingerprint density at radius 2 is 1.86 bits per heavy atom. The first-order chi connectivity index (χ1) is 14.0. The van der Waals surface area contributed by atoms with Crippen molar-refractivity contribution >= 4 is 39.9 Å². The molecule has 1 N–H and O–H groups in total. The largest absolute Gasteiger partial charge is 0.478 e. The van der Waals surface area contributed by atoms with Crippen molar-refractivity contribution in [3.8, 4) is 5.75 Å². The lowest BCUT2D eigenvalue weighted by atomic mass is 10.2. The van der Waals surface area contributed by atoms with E-state index >= 15 is 0 Å². The smallest absolute Gasteiger partial charge is 0.226 e. The topological polar surface area (TPSA) is 87.7 Å². The minimum absolute atomic E-state index is 0.00932. The van der Waals surface area contributed by atoms with Crippen LogP contribution in [0.2, 0.25) is 5.02 Å². The van der Waals surface area contributed by atoms with Gasteiger partial charge in [-0.1, -0.05) is 29.9 Å². The molecule has 0 bridgehead atoms. The number of amides is 2. The van der Waals surface area contributed by atoms with Crippen molar-refractivity contribution in [2.45, 2.75) is 26.2 Å². The average Bonchev–Trinajstić information content (AvgIpc) is 3.19. The van der Waals surface area contributed by atoms with E-state index in [1.54, 1.807) is 17.0 Å². The number of rotatable bonds is 8. The first-order valence-corrected chi connectivity index (χ1v) is 10.7. The Bertz CT molecular complexity index is 822. The zero-order chi connectivity index (χ0) is 20.6. The SMILES string of the molecule is CCc1nnc(NC(=O)CCC(=O)N2CCN(COc3ccc(Cl)cc3)CC2)s1. The van der Waals surface area contributed by atoms with Gasteiger partial charge in [-0.3, -0.25) is 14.5 Å². The number of halogens is 1. The molecule has 1 aromatic heterocycles. The second-order valence-corrected chi connectivity index (χ2v) is 8.13. The van der Waals surface area contributed by atoms with E-state index in [-0.39, 0.29) is 24.7 Å². The summed E-state index contributed by atoms with van der Waals surface area (Å²) in [5.74, 6) is 0.539. The lowest BCUT2D eigenvalue weighted by Crippen LogP contribution is -2.49. The van der Waals surface area contributed by atoms with Gasteiger partial charge in [0, 0.05) is 44.0 Å². The Hall–Kier alpha value is -2.23. The summed E-state index contributed by atoms with van der Waals surface area (Å²) < 4.78 is 5.74. The summed E-state index contributed by atoms with van der Waals surface area (Å²) in [5, 5.41) is 12.6. The quantitative estimate of drug-likeness (QED) is 0.683. The Morgan fingerprint density at radius 3 is 2.52 bits per heavy atom. The van der Waals surface area contributed by atoms with E-state index in [0.29, 0.717) is 30.0 Å². The van der Waals surface area contributed by atoms with Crippen LogP contribution >= 0.6 is 22.9 Å². The number of carbonyl (C=O) groups excluding carboxylic acids is 2. The van der Waals surface area contributed by atoms with E-state index in [1.807, 2.05) is 19.1 Å². The number of nitrogens with zero attached hydrogens (tertiary/aromatic N) is 4. The fraction of sp³-hybridized carbons (Fsp3) is 0.474. The van der Waals surface area contributed by atoms with Crippen LogP contribution in [0.4, 0.5) is 5.13 Å². The van der Waals surface area contributed by atoms with Gasteiger partial charge in [0.15, 0.2) is 0 Å². The number of hydrogen-bond acceptors (Lipinski definition) is 7. The molecule has 10 heteroatoms. The van der Waals surface area contributed by atoms with E-state index in [2.05, 4.69) is 20.4 Å². The van der Waals surface area contributed by atoms with Crippen LogP contribution in [-0.4, -0.2) is 64.7 Å². The van der Waals surface area contributed by atoms with Crippen molar-refractivity contribution in [2.75, 3.05) is 38.2 Å². The van der Waals surface area contributed by atoms with Gasteiger partial charge < -0.3 is 15.0 Å². The Morgan fingerprint density at radius 1 is 1.14 bits per heavy atom. The molecule has 1 fully saturated rings. The second-order valence-electron chi connectivity index (χ2n) is 6.63. The Labute approximate surface area is 178 Å². The fourth-order valence-electron chi connectivity index (χ4n) is 2.83. The highest BCUT2D eigenvalue weighted by molar-refractivity contribution is 7.15. The highest BCUT2D eigenvalue weighted by Crippen LogP contribution is 2.17. The molecule has 0 unspecified atom stereocenters. The molecular formula is C19H24ClN5O3S. The summed E-state index contributed by atoms with van der Waals surface area (Å²) in [6, 6.07) is 7.24. The molecule has 0 atom stereocenters. The van der Waals surface area contributed by atoms with Crippen LogP contribution in [0.5, 0.6) is 5.75 Å². The fourth-order valence-corrected chi connectivity index (χ4v) is 3.65. The molecule has 8 nitrogen and oxygen atoms in total. The summed E-state index contributed by atoms with van der Waals surface area (Å²) in [4.78, 5) is 28.3. The number of aryl methyl sites for hydroxylation is 1. The number of piperazine rings is 1. The molecule has 1 saturated heterocycles. The normalized spacial score (nSPS) is 14.6. The summed E-state index contributed by atoms with van der Waals surface area (Å²) in [6.07, 6.45) is 1.11. The average molecular weight is 438 g/mol. The Balaban J connectivity index is 1.34. The molecule has 2 heterocycles. The molecule has 2 aromatic rings. The van der Waals surface area contributed by atoms with Gasteiger partial charge in [-0.25, -0.2) is 0 Å². The molecule has 3 rings (SSSR count). The molecule has 0 saturated carbocycles. The highest BCUT2D eigenvalue weighted by Gasteiger charge is 2.22. The summed E-state index contributed by atoms with van der Waals surface area (Å²) >= 11 is 7.22. The van der Waals surface area contributed by atoms with Crippen LogP contribution in [0.25, 0.3) is 0 Å². The van der Waals surface area contributed by atoms with Crippen LogP contribution in [0, 0.1) is 0 Å². The van der Waals surface area contributed by atoms with Crippen molar-refractivity contribution in [1.29, 1.82) is 0 Å². The molecule has 1 aromatic carbocycles. The van der Waals surface area contributed by atoms with E-state index < -0.39 is 0 Å². The summed E-state index contributed by atoms with van der Waals surface area (Å²) in [7, 11) is 0. The molecule has 0 spiro atoms. The molecule has 0 aliphatic carbocycles. The third-order valence-electron chi connectivity index (χ3n) is 4.53. The molecule has 29 heavy (non-hydrogen) atoms. The van der Waals surface area contributed by atoms with Crippen LogP contribution in [0.1, 0.15) is 24.8 Å². The first kappa shape index (κ1) is 21.5. The maximum absolute atomic E-state index is 12.4. The minimum atomic E-state index is -0.216. The van der Waals surface area contributed by atoms with Crippen molar-refractivity contribution < 1.29 is 14.3 Å².